The highest BCUT2D eigenvalue weighted by atomic mass is 14.7. The van der Waals surface area contributed by atoms with Crippen LogP contribution in [-0.2, 0) is 5.54 Å². The van der Waals surface area contributed by atoms with Gasteiger partial charge in [-0.3, -0.25) is 4.98 Å². The summed E-state index contributed by atoms with van der Waals surface area (Å²) in [6.45, 7) is 8.34. The average Bonchev–Trinajstić information content (AvgIpc) is 2.33. The van der Waals surface area contributed by atoms with Gasteiger partial charge in [0.1, 0.15) is 0 Å². The van der Waals surface area contributed by atoms with Gasteiger partial charge in [-0.2, -0.15) is 0 Å². The van der Waals surface area contributed by atoms with Gasteiger partial charge >= 0.3 is 0 Å². The van der Waals surface area contributed by atoms with Gasteiger partial charge in [-0.15, -0.1) is 0 Å². The number of aromatic nitrogens is 1. The van der Waals surface area contributed by atoms with E-state index in [2.05, 4.69) is 44.0 Å². The van der Waals surface area contributed by atoms with Gasteiger partial charge in [0.15, 0.2) is 0 Å². The van der Waals surface area contributed by atoms with Crippen molar-refractivity contribution >= 4 is 0 Å². The Balaban J connectivity index is 2.54. The lowest BCUT2D eigenvalue weighted by Crippen LogP contribution is -2.35. The fourth-order valence-corrected chi connectivity index (χ4v) is 2.23. The molecular weight excluding hydrogens is 220 g/mol. The predicted molar refractivity (Wildman–Crippen MR) is 75.5 cm³/mol. The molecule has 2 nitrogen and oxygen atoms in total. The molecule has 0 saturated heterocycles. The van der Waals surface area contributed by atoms with Crippen molar-refractivity contribution in [2.75, 3.05) is 0 Å². The first-order chi connectivity index (χ1) is 8.43. The summed E-state index contributed by atoms with van der Waals surface area (Å²) in [5, 5.41) is 0. The molecule has 2 aromatic rings. The molecule has 2 N–H and O–H groups in total. The molecule has 0 aliphatic rings. The zero-order valence-electron chi connectivity index (χ0n) is 11.5. The Kier molecular flexibility index (Phi) is 3.22. The lowest BCUT2D eigenvalue weighted by Gasteiger charge is -2.28. The van der Waals surface area contributed by atoms with E-state index < -0.39 is 5.54 Å². The van der Waals surface area contributed by atoms with Gasteiger partial charge in [0.2, 0.25) is 0 Å². The molecule has 2 heteroatoms. The van der Waals surface area contributed by atoms with Crippen molar-refractivity contribution in [3.8, 4) is 0 Å². The van der Waals surface area contributed by atoms with Crippen molar-refractivity contribution in [2.24, 2.45) is 5.73 Å². The van der Waals surface area contributed by atoms with E-state index in [9.17, 15) is 0 Å². The summed E-state index contributed by atoms with van der Waals surface area (Å²) < 4.78 is 0. The summed E-state index contributed by atoms with van der Waals surface area (Å²) in [6.07, 6.45) is 3.67. The second-order valence-corrected chi connectivity index (χ2v) is 5.19. The van der Waals surface area contributed by atoms with Gasteiger partial charge in [0.05, 0.1) is 5.54 Å². The predicted octanol–water partition coefficient (Wildman–Crippen LogP) is 3.23. The van der Waals surface area contributed by atoms with Crippen LogP contribution in [0.15, 0.2) is 36.7 Å². The third kappa shape index (κ3) is 2.16. The molecule has 0 fully saturated rings. The number of aryl methyl sites for hydroxylation is 3. The standard InChI is InChI=1S/C16H20N2/c1-11-5-6-14(9-13(11)3)16(4,17)15-10-18-8-7-12(15)2/h5-10H,17H2,1-4H3. The van der Waals surface area contributed by atoms with Gasteiger partial charge < -0.3 is 5.73 Å². The lowest BCUT2D eigenvalue weighted by atomic mass is 9.83. The smallest absolute Gasteiger partial charge is 0.0654 e. The number of rotatable bonds is 2. The van der Waals surface area contributed by atoms with Gasteiger partial charge in [-0.1, -0.05) is 18.2 Å². The van der Waals surface area contributed by atoms with Crippen molar-refractivity contribution in [1.82, 2.24) is 4.98 Å². The molecule has 1 aromatic heterocycles. The van der Waals surface area contributed by atoms with Crippen LogP contribution in [0.25, 0.3) is 0 Å². The Bertz CT molecular complexity index is 571. The minimum absolute atomic E-state index is 0.503. The first-order valence-corrected chi connectivity index (χ1v) is 6.20. The first kappa shape index (κ1) is 12.8. The molecule has 0 bridgehead atoms. The van der Waals surface area contributed by atoms with Crippen LogP contribution in [0.5, 0.6) is 0 Å². The van der Waals surface area contributed by atoms with Gasteiger partial charge in [0.25, 0.3) is 0 Å². The van der Waals surface area contributed by atoms with E-state index >= 15 is 0 Å². The number of benzene rings is 1. The molecule has 0 aliphatic heterocycles. The highest BCUT2D eigenvalue weighted by Gasteiger charge is 2.25. The minimum Gasteiger partial charge on any atom is -0.318 e. The maximum Gasteiger partial charge on any atom is 0.0654 e. The highest BCUT2D eigenvalue weighted by molar-refractivity contribution is 5.42. The van der Waals surface area contributed by atoms with E-state index in [0.717, 1.165) is 11.1 Å². The molecule has 0 radical (unpaired) electrons. The second-order valence-electron chi connectivity index (χ2n) is 5.19. The summed E-state index contributed by atoms with van der Waals surface area (Å²) in [7, 11) is 0. The lowest BCUT2D eigenvalue weighted by molar-refractivity contribution is 0.595. The van der Waals surface area contributed by atoms with Crippen molar-refractivity contribution in [1.29, 1.82) is 0 Å². The van der Waals surface area contributed by atoms with Crippen LogP contribution in [-0.4, -0.2) is 4.98 Å². The third-order valence-electron chi connectivity index (χ3n) is 3.71. The zero-order chi connectivity index (χ0) is 13.3. The highest BCUT2D eigenvalue weighted by Crippen LogP contribution is 2.29. The normalized spacial score (nSPS) is 14.3. The summed E-state index contributed by atoms with van der Waals surface area (Å²) in [4.78, 5) is 4.20. The fraction of sp³-hybridized carbons (Fsp3) is 0.312. The number of hydrogen-bond acceptors (Lipinski definition) is 2. The van der Waals surface area contributed by atoms with Crippen LogP contribution in [0.4, 0.5) is 0 Å². The Labute approximate surface area is 109 Å². The molecular formula is C16H20N2. The molecule has 94 valence electrons. The van der Waals surface area contributed by atoms with Crippen molar-refractivity contribution in [3.05, 3.63) is 64.5 Å². The molecule has 0 saturated carbocycles. The maximum atomic E-state index is 6.54. The van der Waals surface area contributed by atoms with Gasteiger partial charge in [0, 0.05) is 12.4 Å². The topological polar surface area (TPSA) is 38.9 Å². The number of hydrogen-bond donors (Lipinski definition) is 1. The summed E-state index contributed by atoms with van der Waals surface area (Å²) in [5.41, 5.74) is 12.0. The molecule has 2 rings (SSSR count). The van der Waals surface area contributed by atoms with Crippen molar-refractivity contribution < 1.29 is 0 Å². The van der Waals surface area contributed by atoms with Crippen LogP contribution in [0, 0.1) is 20.8 Å². The fourth-order valence-electron chi connectivity index (χ4n) is 2.23. The minimum atomic E-state index is -0.503. The third-order valence-corrected chi connectivity index (χ3v) is 3.71. The quantitative estimate of drug-likeness (QED) is 0.875. The van der Waals surface area contributed by atoms with E-state index in [4.69, 9.17) is 5.73 Å². The molecule has 1 unspecified atom stereocenters. The van der Waals surface area contributed by atoms with E-state index in [1.54, 1.807) is 6.20 Å². The van der Waals surface area contributed by atoms with Gasteiger partial charge in [-0.05, 0) is 61.6 Å². The largest absolute Gasteiger partial charge is 0.318 e. The molecule has 0 amide bonds. The first-order valence-electron chi connectivity index (χ1n) is 6.20. The Morgan fingerprint density at radius 3 is 2.33 bits per heavy atom. The summed E-state index contributed by atoms with van der Waals surface area (Å²) in [5.74, 6) is 0. The van der Waals surface area contributed by atoms with Crippen LogP contribution in [0.3, 0.4) is 0 Å². The van der Waals surface area contributed by atoms with Crippen LogP contribution in [0.2, 0.25) is 0 Å². The molecule has 0 spiro atoms. The maximum absolute atomic E-state index is 6.54. The van der Waals surface area contributed by atoms with Crippen molar-refractivity contribution in [3.63, 3.8) is 0 Å². The van der Waals surface area contributed by atoms with E-state index in [1.165, 1.54) is 16.7 Å². The Morgan fingerprint density at radius 1 is 1.00 bits per heavy atom. The monoisotopic (exact) mass is 240 g/mol. The van der Waals surface area contributed by atoms with E-state index in [0.29, 0.717) is 0 Å². The number of pyridine rings is 1. The Hall–Kier alpha value is -1.67. The van der Waals surface area contributed by atoms with Crippen LogP contribution >= 0.6 is 0 Å². The van der Waals surface area contributed by atoms with Crippen molar-refractivity contribution in [2.45, 2.75) is 33.2 Å². The van der Waals surface area contributed by atoms with Gasteiger partial charge in [-0.25, -0.2) is 0 Å². The molecule has 1 aromatic carbocycles. The Morgan fingerprint density at radius 2 is 1.72 bits per heavy atom. The van der Waals surface area contributed by atoms with Crippen LogP contribution in [0.1, 0.15) is 34.7 Å². The average molecular weight is 240 g/mol. The molecule has 1 heterocycles. The zero-order valence-corrected chi connectivity index (χ0v) is 11.5. The molecule has 1 atom stereocenters. The van der Waals surface area contributed by atoms with E-state index in [-0.39, 0.29) is 0 Å². The molecule has 18 heavy (non-hydrogen) atoms. The molecule has 0 aliphatic carbocycles. The SMILES string of the molecule is Cc1ccc(C(C)(N)c2cnccc2C)cc1C. The van der Waals surface area contributed by atoms with Crippen LogP contribution < -0.4 is 5.73 Å². The number of nitrogens with two attached hydrogens (primary N) is 1. The number of nitrogens with zero attached hydrogens (tertiary/aromatic N) is 1. The van der Waals surface area contributed by atoms with E-state index in [1.807, 2.05) is 19.2 Å². The second kappa shape index (κ2) is 4.54. The summed E-state index contributed by atoms with van der Waals surface area (Å²) >= 11 is 0. The summed E-state index contributed by atoms with van der Waals surface area (Å²) in [6, 6.07) is 8.40.